The summed E-state index contributed by atoms with van der Waals surface area (Å²) in [5.41, 5.74) is 1.13. The molecule has 9 heteroatoms. The Balaban J connectivity index is 1.57. The Hall–Kier alpha value is -4.11. The molecule has 0 fully saturated rings. The molecule has 0 aliphatic carbocycles. The number of aliphatic hydroxyl groups is 1. The molecule has 1 atom stereocenters. The van der Waals surface area contributed by atoms with Crippen molar-refractivity contribution in [1.82, 2.24) is 4.98 Å². The lowest BCUT2D eigenvalue weighted by atomic mass is 9.93. The molecule has 1 aliphatic rings. The molecule has 2 heterocycles. The molecule has 0 radical (unpaired) electrons. The van der Waals surface area contributed by atoms with E-state index in [1.807, 2.05) is 30.3 Å². The summed E-state index contributed by atoms with van der Waals surface area (Å²) in [7, 11) is 0. The molecule has 2 N–H and O–H groups in total. The summed E-state index contributed by atoms with van der Waals surface area (Å²) < 4.78 is 28.2. The molecule has 0 bridgehead atoms. The van der Waals surface area contributed by atoms with Crippen molar-refractivity contribution < 1.29 is 28.6 Å². The van der Waals surface area contributed by atoms with Crippen LogP contribution < -0.4 is 4.90 Å². The standard InChI is InChI=1S/C26H18F2N2O4S/c27-16-12-18(28)22-20(13-16)35-26(29-22)30-23(15-7-9-17(31)10-8-15)21(24(33)25(30)34)19(32)11-6-14-4-2-1-3-5-14/h1-5,7-10,12-13,23,31,33H,6,11H2. The van der Waals surface area contributed by atoms with Crippen LogP contribution in [0, 0.1) is 11.6 Å². The predicted octanol–water partition coefficient (Wildman–Crippen LogP) is 5.38. The molecule has 0 spiro atoms. The van der Waals surface area contributed by atoms with Gasteiger partial charge in [0.25, 0.3) is 5.91 Å². The summed E-state index contributed by atoms with van der Waals surface area (Å²) in [4.78, 5) is 31.8. The van der Waals surface area contributed by atoms with E-state index in [9.17, 15) is 28.6 Å². The third-order valence-corrected chi connectivity index (χ3v) is 6.81. The average molecular weight is 493 g/mol. The first kappa shape index (κ1) is 22.7. The number of rotatable bonds is 6. The van der Waals surface area contributed by atoms with Crippen LogP contribution in [-0.2, 0) is 16.0 Å². The first-order valence-electron chi connectivity index (χ1n) is 10.7. The SMILES string of the molecule is O=C(CCc1ccccc1)C1=C(O)C(=O)N(c2nc3c(F)cc(F)cc3s2)C1c1ccc(O)cc1. The zero-order valence-electron chi connectivity index (χ0n) is 18.1. The van der Waals surface area contributed by atoms with Gasteiger partial charge in [-0.3, -0.25) is 14.5 Å². The van der Waals surface area contributed by atoms with Crippen LogP contribution in [0.4, 0.5) is 13.9 Å². The highest BCUT2D eigenvalue weighted by molar-refractivity contribution is 7.22. The highest BCUT2D eigenvalue weighted by Crippen LogP contribution is 2.44. The maximum atomic E-state index is 14.3. The summed E-state index contributed by atoms with van der Waals surface area (Å²) >= 11 is 0.870. The maximum absolute atomic E-state index is 14.3. The number of aromatic hydroxyl groups is 1. The second kappa shape index (κ2) is 8.92. The van der Waals surface area contributed by atoms with E-state index in [0.29, 0.717) is 18.1 Å². The Morgan fingerprint density at radius 3 is 2.46 bits per heavy atom. The largest absolute Gasteiger partial charge is 0.508 e. The van der Waals surface area contributed by atoms with Crippen LogP contribution in [0.2, 0.25) is 0 Å². The van der Waals surface area contributed by atoms with Crippen LogP contribution in [-0.4, -0.2) is 26.9 Å². The van der Waals surface area contributed by atoms with Gasteiger partial charge in [0, 0.05) is 12.5 Å². The number of Topliss-reactive ketones (excluding diaryl/α,β-unsaturated/α-hetero) is 1. The first-order valence-corrected chi connectivity index (χ1v) is 11.5. The van der Waals surface area contributed by atoms with Gasteiger partial charge < -0.3 is 10.2 Å². The van der Waals surface area contributed by atoms with E-state index in [0.717, 1.165) is 27.9 Å². The second-order valence-electron chi connectivity index (χ2n) is 8.07. The van der Waals surface area contributed by atoms with Gasteiger partial charge in [-0.15, -0.1) is 0 Å². The lowest BCUT2D eigenvalue weighted by Gasteiger charge is -2.24. The lowest BCUT2D eigenvalue weighted by molar-refractivity contribution is -0.118. The summed E-state index contributed by atoms with van der Waals surface area (Å²) in [6, 6.07) is 15.9. The third kappa shape index (κ3) is 4.15. The molecule has 1 unspecified atom stereocenters. The third-order valence-electron chi connectivity index (χ3n) is 5.81. The summed E-state index contributed by atoms with van der Waals surface area (Å²) in [5.74, 6) is -3.71. The predicted molar refractivity (Wildman–Crippen MR) is 127 cm³/mol. The van der Waals surface area contributed by atoms with E-state index in [1.165, 1.54) is 24.3 Å². The number of thiazole rings is 1. The molecule has 1 aromatic heterocycles. The zero-order valence-corrected chi connectivity index (χ0v) is 18.9. The molecule has 0 saturated heterocycles. The Labute approximate surface area is 202 Å². The van der Waals surface area contributed by atoms with Crippen molar-refractivity contribution in [2.75, 3.05) is 4.90 Å². The van der Waals surface area contributed by atoms with Gasteiger partial charge in [0.15, 0.2) is 22.5 Å². The van der Waals surface area contributed by atoms with Crippen molar-refractivity contribution in [3.8, 4) is 5.75 Å². The van der Waals surface area contributed by atoms with Crippen LogP contribution >= 0.6 is 11.3 Å². The second-order valence-corrected chi connectivity index (χ2v) is 9.08. The molecular weight excluding hydrogens is 474 g/mol. The molecule has 3 aromatic carbocycles. The van der Waals surface area contributed by atoms with E-state index in [-0.39, 0.29) is 33.1 Å². The van der Waals surface area contributed by atoms with Crippen LogP contribution in [0.3, 0.4) is 0 Å². The van der Waals surface area contributed by atoms with Crippen molar-refractivity contribution in [2.45, 2.75) is 18.9 Å². The molecule has 1 amide bonds. The van der Waals surface area contributed by atoms with Crippen molar-refractivity contribution >= 4 is 38.4 Å². The minimum atomic E-state index is -1.06. The maximum Gasteiger partial charge on any atom is 0.296 e. The molecule has 1 aliphatic heterocycles. The summed E-state index contributed by atoms with van der Waals surface area (Å²) in [6.45, 7) is 0. The summed E-state index contributed by atoms with van der Waals surface area (Å²) in [5, 5.41) is 20.5. The van der Waals surface area contributed by atoms with Crippen molar-refractivity contribution in [2.24, 2.45) is 0 Å². The number of benzene rings is 3. The van der Waals surface area contributed by atoms with Gasteiger partial charge in [0.2, 0.25) is 0 Å². The normalized spacial score (nSPS) is 15.9. The van der Waals surface area contributed by atoms with Crippen molar-refractivity contribution in [1.29, 1.82) is 0 Å². The van der Waals surface area contributed by atoms with Gasteiger partial charge in [-0.05, 0) is 35.7 Å². The Bertz CT molecular complexity index is 1480. The Kier molecular flexibility index (Phi) is 5.78. The number of carbonyl (C=O) groups excluding carboxylic acids is 2. The number of carbonyl (C=O) groups is 2. The highest BCUT2D eigenvalue weighted by Gasteiger charge is 2.45. The smallest absolute Gasteiger partial charge is 0.296 e. The van der Waals surface area contributed by atoms with Gasteiger partial charge in [-0.1, -0.05) is 53.8 Å². The van der Waals surface area contributed by atoms with Crippen LogP contribution in [0.5, 0.6) is 5.75 Å². The van der Waals surface area contributed by atoms with Crippen LogP contribution in [0.15, 0.2) is 78.1 Å². The number of aromatic nitrogens is 1. The first-order chi connectivity index (χ1) is 16.8. The van der Waals surface area contributed by atoms with Gasteiger partial charge in [-0.2, -0.15) is 0 Å². The molecular formula is C26H18F2N2O4S. The number of phenolic OH excluding ortho intramolecular Hbond substituents is 1. The van der Waals surface area contributed by atoms with E-state index in [2.05, 4.69) is 4.98 Å². The number of nitrogens with zero attached hydrogens (tertiary/aromatic N) is 2. The molecule has 6 nitrogen and oxygen atoms in total. The van der Waals surface area contributed by atoms with Gasteiger partial charge in [0.05, 0.1) is 16.3 Å². The number of amides is 1. The fourth-order valence-corrected chi connectivity index (χ4v) is 5.18. The molecule has 5 rings (SSSR count). The zero-order chi connectivity index (χ0) is 24.7. The van der Waals surface area contributed by atoms with E-state index in [4.69, 9.17) is 0 Å². The van der Waals surface area contributed by atoms with Gasteiger partial charge >= 0.3 is 0 Å². The number of anilines is 1. The molecule has 35 heavy (non-hydrogen) atoms. The number of hydrogen-bond acceptors (Lipinski definition) is 6. The van der Waals surface area contributed by atoms with Crippen molar-refractivity contribution in [3.05, 3.63) is 101 Å². The topological polar surface area (TPSA) is 90.7 Å². The number of ketones is 1. The minimum Gasteiger partial charge on any atom is -0.508 e. The number of aryl methyl sites for hydroxylation is 1. The van der Waals surface area contributed by atoms with Gasteiger partial charge in [0.1, 0.15) is 17.1 Å². The average Bonchev–Trinajstić information content (AvgIpc) is 3.37. The Morgan fingerprint density at radius 2 is 1.74 bits per heavy atom. The number of halogens is 2. The van der Waals surface area contributed by atoms with E-state index in [1.54, 1.807) is 0 Å². The van der Waals surface area contributed by atoms with Crippen molar-refractivity contribution in [3.63, 3.8) is 0 Å². The number of aliphatic hydroxyl groups excluding tert-OH is 1. The fraction of sp³-hybridized carbons (Fsp3) is 0.115. The fourth-order valence-electron chi connectivity index (χ4n) is 4.15. The molecule has 4 aromatic rings. The Morgan fingerprint density at radius 1 is 1.03 bits per heavy atom. The number of fused-ring (bicyclic) bond motifs is 1. The van der Waals surface area contributed by atoms with E-state index < -0.39 is 35.1 Å². The summed E-state index contributed by atoms with van der Waals surface area (Å²) in [6.07, 6.45) is 0.442. The van der Waals surface area contributed by atoms with E-state index >= 15 is 0 Å². The number of hydrogen-bond donors (Lipinski definition) is 2. The quantitative estimate of drug-likeness (QED) is 0.377. The minimum absolute atomic E-state index is 0.00462. The van der Waals surface area contributed by atoms with Crippen LogP contribution in [0.1, 0.15) is 23.6 Å². The monoisotopic (exact) mass is 492 g/mol. The van der Waals surface area contributed by atoms with Crippen LogP contribution in [0.25, 0.3) is 10.2 Å². The number of phenols is 1. The lowest BCUT2D eigenvalue weighted by Crippen LogP contribution is -2.31. The molecule has 0 saturated carbocycles. The highest BCUT2D eigenvalue weighted by atomic mass is 32.1. The molecule has 176 valence electrons. The van der Waals surface area contributed by atoms with Gasteiger partial charge in [-0.25, -0.2) is 13.8 Å².